The van der Waals surface area contributed by atoms with E-state index in [-0.39, 0.29) is 5.43 Å². The molecule has 0 unspecified atom stereocenters. The van der Waals surface area contributed by atoms with Crippen molar-refractivity contribution in [2.75, 3.05) is 26.2 Å². The van der Waals surface area contributed by atoms with E-state index in [0.29, 0.717) is 17.2 Å². The van der Waals surface area contributed by atoms with Crippen molar-refractivity contribution in [3.05, 3.63) is 45.6 Å². The van der Waals surface area contributed by atoms with Crippen LogP contribution < -0.4 is 20.6 Å². The van der Waals surface area contributed by atoms with E-state index in [0.717, 1.165) is 46.4 Å². The largest absolute Gasteiger partial charge is 0.492 e. The van der Waals surface area contributed by atoms with Gasteiger partial charge in [-0.3, -0.25) is 4.79 Å². The van der Waals surface area contributed by atoms with Crippen LogP contribution in [0.25, 0.3) is 11.1 Å². The van der Waals surface area contributed by atoms with Crippen LogP contribution in [0.15, 0.2) is 34.0 Å². The molecule has 0 radical (unpaired) electrons. The second-order valence-electron chi connectivity index (χ2n) is 5.77. The van der Waals surface area contributed by atoms with E-state index < -0.39 is 0 Å². The minimum atomic E-state index is 0.0635. The summed E-state index contributed by atoms with van der Waals surface area (Å²) in [6, 6.07) is 7.64. The van der Waals surface area contributed by atoms with Crippen LogP contribution in [0.5, 0.6) is 11.5 Å². The summed E-state index contributed by atoms with van der Waals surface area (Å²) in [5.41, 5.74) is 11.0. The molecule has 0 spiro atoms. The standard InChI is InChI=1S/C19H21NO3S/c1-22-18-14(20)9-12-6-4-5-11-10-15(21)16(24-3)8-7-13(11)17(12)19(18)23-2/h7-10H,4-6,20H2,1-3H3. The Bertz CT molecular complexity index is 849. The third-order valence-electron chi connectivity index (χ3n) is 4.43. The van der Waals surface area contributed by atoms with Gasteiger partial charge in [-0.05, 0) is 60.4 Å². The molecule has 2 aromatic rings. The number of benzene rings is 1. The molecular formula is C19H21NO3S. The fourth-order valence-electron chi connectivity index (χ4n) is 3.36. The first-order valence-corrected chi connectivity index (χ1v) is 9.08. The number of methoxy groups -OCH3 is 2. The van der Waals surface area contributed by atoms with E-state index in [2.05, 4.69) is 0 Å². The zero-order chi connectivity index (χ0) is 17.3. The monoisotopic (exact) mass is 343 g/mol. The maximum Gasteiger partial charge on any atom is 0.192 e. The zero-order valence-corrected chi connectivity index (χ0v) is 15.0. The van der Waals surface area contributed by atoms with E-state index in [1.165, 1.54) is 11.8 Å². The maximum atomic E-state index is 12.4. The summed E-state index contributed by atoms with van der Waals surface area (Å²) in [6.45, 7) is 0. The number of nitrogen functional groups attached to an aromatic ring is 1. The molecule has 0 atom stereocenters. The van der Waals surface area contributed by atoms with Gasteiger partial charge in [0.15, 0.2) is 16.9 Å². The minimum Gasteiger partial charge on any atom is -0.492 e. The Morgan fingerprint density at radius 1 is 1.04 bits per heavy atom. The first-order valence-electron chi connectivity index (χ1n) is 7.85. The van der Waals surface area contributed by atoms with Crippen molar-refractivity contribution in [1.29, 1.82) is 0 Å². The second-order valence-corrected chi connectivity index (χ2v) is 6.62. The summed E-state index contributed by atoms with van der Waals surface area (Å²) in [5.74, 6) is 1.18. The van der Waals surface area contributed by atoms with Crippen LogP contribution in [0.3, 0.4) is 0 Å². The van der Waals surface area contributed by atoms with Crippen LogP contribution in [0.4, 0.5) is 5.69 Å². The lowest BCUT2D eigenvalue weighted by Gasteiger charge is -2.18. The number of nitrogens with two attached hydrogens (primary N) is 1. The highest BCUT2D eigenvalue weighted by atomic mass is 32.2. The highest BCUT2D eigenvalue weighted by Gasteiger charge is 2.23. The summed E-state index contributed by atoms with van der Waals surface area (Å²) in [7, 11) is 3.21. The molecule has 1 aliphatic rings. The number of anilines is 1. The van der Waals surface area contributed by atoms with Crippen molar-refractivity contribution in [3.8, 4) is 22.6 Å². The Hall–Kier alpha value is -2.14. The lowest BCUT2D eigenvalue weighted by Crippen LogP contribution is -2.01. The van der Waals surface area contributed by atoms with Crippen molar-refractivity contribution in [1.82, 2.24) is 0 Å². The maximum absolute atomic E-state index is 12.4. The van der Waals surface area contributed by atoms with Gasteiger partial charge in [0.1, 0.15) is 0 Å². The van der Waals surface area contributed by atoms with Gasteiger partial charge in [0.05, 0.1) is 24.8 Å². The highest BCUT2D eigenvalue weighted by Crippen LogP contribution is 2.47. The molecule has 0 saturated heterocycles. The molecule has 0 saturated carbocycles. The number of hydrogen-bond donors (Lipinski definition) is 1. The van der Waals surface area contributed by atoms with E-state index in [1.807, 2.05) is 24.5 Å². The van der Waals surface area contributed by atoms with Crippen molar-refractivity contribution in [2.24, 2.45) is 0 Å². The van der Waals surface area contributed by atoms with Crippen molar-refractivity contribution in [2.45, 2.75) is 24.2 Å². The molecule has 1 aliphatic carbocycles. The van der Waals surface area contributed by atoms with Crippen LogP contribution in [0.1, 0.15) is 17.5 Å². The van der Waals surface area contributed by atoms with Gasteiger partial charge in [0.2, 0.25) is 0 Å². The minimum absolute atomic E-state index is 0.0635. The Labute approximate surface area is 146 Å². The van der Waals surface area contributed by atoms with Gasteiger partial charge in [-0.1, -0.05) is 6.07 Å². The lowest BCUT2D eigenvalue weighted by atomic mass is 9.96. The first kappa shape index (κ1) is 16.7. The van der Waals surface area contributed by atoms with E-state index in [9.17, 15) is 4.79 Å². The number of rotatable bonds is 3. The fourth-order valence-corrected chi connectivity index (χ4v) is 3.82. The third kappa shape index (κ3) is 2.73. The molecule has 3 rings (SSSR count). The molecule has 0 amide bonds. The van der Waals surface area contributed by atoms with Crippen molar-refractivity contribution >= 4 is 17.4 Å². The number of fused-ring (bicyclic) bond motifs is 3. The van der Waals surface area contributed by atoms with Crippen LogP contribution in [0.2, 0.25) is 0 Å². The molecule has 24 heavy (non-hydrogen) atoms. The van der Waals surface area contributed by atoms with E-state index in [1.54, 1.807) is 20.3 Å². The van der Waals surface area contributed by atoms with Gasteiger partial charge in [-0.2, -0.15) is 0 Å². The van der Waals surface area contributed by atoms with Gasteiger partial charge >= 0.3 is 0 Å². The fraction of sp³-hybridized carbons (Fsp3) is 0.316. The summed E-state index contributed by atoms with van der Waals surface area (Å²) in [5, 5.41) is 0. The van der Waals surface area contributed by atoms with Crippen LogP contribution in [-0.4, -0.2) is 20.5 Å². The van der Waals surface area contributed by atoms with Gasteiger partial charge in [-0.15, -0.1) is 11.8 Å². The lowest BCUT2D eigenvalue weighted by molar-refractivity contribution is 0.357. The van der Waals surface area contributed by atoms with Crippen LogP contribution >= 0.6 is 11.8 Å². The van der Waals surface area contributed by atoms with Gasteiger partial charge in [-0.25, -0.2) is 0 Å². The van der Waals surface area contributed by atoms with Gasteiger partial charge < -0.3 is 15.2 Å². The quantitative estimate of drug-likeness (QED) is 0.682. The molecule has 0 aliphatic heterocycles. The van der Waals surface area contributed by atoms with Gasteiger partial charge in [0.25, 0.3) is 0 Å². The summed E-state index contributed by atoms with van der Waals surface area (Å²) < 4.78 is 11.1. The van der Waals surface area contributed by atoms with E-state index in [4.69, 9.17) is 15.2 Å². The molecule has 126 valence electrons. The summed E-state index contributed by atoms with van der Waals surface area (Å²) in [4.78, 5) is 13.1. The molecule has 4 nitrogen and oxygen atoms in total. The Morgan fingerprint density at radius 2 is 1.75 bits per heavy atom. The molecule has 0 heterocycles. The average Bonchev–Trinajstić information content (AvgIpc) is 2.82. The molecular weight excluding hydrogens is 322 g/mol. The van der Waals surface area contributed by atoms with Crippen molar-refractivity contribution < 1.29 is 9.47 Å². The Morgan fingerprint density at radius 3 is 2.42 bits per heavy atom. The summed E-state index contributed by atoms with van der Waals surface area (Å²) >= 11 is 1.47. The Kier molecular flexibility index (Phi) is 4.71. The van der Waals surface area contributed by atoms with Crippen molar-refractivity contribution in [3.63, 3.8) is 0 Å². The SMILES string of the molecule is COc1c(N)cc2c(c1OC)-c1ccc(SC)c(=O)cc1CCC2. The average molecular weight is 343 g/mol. The third-order valence-corrected chi connectivity index (χ3v) is 5.21. The smallest absolute Gasteiger partial charge is 0.192 e. The first-order chi connectivity index (χ1) is 11.6. The topological polar surface area (TPSA) is 61.6 Å². The molecule has 5 heteroatoms. The molecule has 0 aromatic heterocycles. The number of aryl methyl sites for hydroxylation is 2. The molecule has 2 N–H and O–H groups in total. The van der Waals surface area contributed by atoms with Gasteiger partial charge in [0, 0.05) is 5.56 Å². The molecule has 0 fully saturated rings. The second kappa shape index (κ2) is 6.77. The zero-order valence-electron chi connectivity index (χ0n) is 14.1. The molecule has 2 aromatic carbocycles. The number of hydrogen-bond acceptors (Lipinski definition) is 5. The van der Waals surface area contributed by atoms with Crippen LogP contribution in [0, 0.1) is 0 Å². The van der Waals surface area contributed by atoms with E-state index >= 15 is 0 Å². The number of thioether (sulfide) groups is 1. The normalized spacial score (nSPS) is 12.8. The molecule has 0 bridgehead atoms. The Balaban J connectivity index is 2.40. The number of ether oxygens (including phenoxy) is 2. The predicted octanol–water partition coefficient (Wildman–Crippen LogP) is 3.52. The highest BCUT2D eigenvalue weighted by molar-refractivity contribution is 7.98. The predicted molar refractivity (Wildman–Crippen MR) is 99.5 cm³/mol. The summed E-state index contributed by atoms with van der Waals surface area (Å²) in [6.07, 6.45) is 4.63. The van der Waals surface area contributed by atoms with Crippen LogP contribution in [-0.2, 0) is 12.8 Å².